The van der Waals surface area contributed by atoms with Crippen LogP contribution in [0.2, 0.25) is 0 Å². The molecule has 2 aromatic carbocycles. The average Bonchev–Trinajstić information content (AvgIpc) is 3.52. The molecular weight excluding hydrogens is 400 g/mol. The molecule has 9 nitrogen and oxygen atoms in total. The smallest absolute Gasteiger partial charge is 0.339 e. The third kappa shape index (κ3) is 4.62. The SMILES string of the molecule is NC1(C(=O)Nc2cccc(-c3ncc(COc4ccc(O)c(C(=O)O)c4)cn3)c2)CC1. The van der Waals surface area contributed by atoms with E-state index in [9.17, 15) is 14.7 Å². The van der Waals surface area contributed by atoms with Gasteiger partial charge in [-0.2, -0.15) is 0 Å². The van der Waals surface area contributed by atoms with Crippen LogP contribution >= 0.6 is 0 Å². The molecule has 0 unspecified atom stereocenters. The summed E-state index contributed by atoms with van der Waals surface area (Å²) in [5.74, 6) is -0.988. The lowest BCUT2D eigenvalue weighted by atomic mass is 10.1. The molecule has 1 aliphatic carbocycles. The van der Waals surface area contributed by atoms with Crippen molar-refractivity contribution in [3.63, 3.8) is 0 Å². The summed E-state index contributed by atoms with van der Waals surface area (Å²) in [5.41, 5.74) is 6.96. The van der Waals surface area contributed by atoms with E-state index in [1.54, 1.807) is 30.6 Å². The fourth-order valence-electron chi connectivity index (χ4n) is 2.87. The normalized spacial score (nSPS) is 14.0. The van der Waals surface area contributed by atoms with E-state index < -0.39 is 11.5 Å². The number of nitrogens with zero attached hydrogens (tertiary/aromatic N) is 2. The van der Waals surface area contributed by atoms with Gasteiger partial charge in [0.25, 0.3) is 0 Å². The standard InChI is InChI=1S/C22H20N4O5/c23-22(6-7-22)21(30)26-15-3-1-2-14(8-15)19-24-10-13(11-25-19)12-31-16-4-5-18(27)17(9-16)20(28)29/h1-5,8-11,27H,6-7,12,23H2,(H,26,30)(H,28,29). The summed E-state index contributed by atoms with van der Waals surface area (Å²) < 4.78 is 5.57. The number of nitrogens with one attached hydrogen (secondary N) is 1. The van der Waals surface area contributed by atoms with Gasteiger partial charge in [-0.25, -0.2) is 14.8 Å². The van der Waals surface area contributed by atoms with Gasteiger partial charge in [0.15, 0.2) is 5.82 Å². The minimum atomic E-state index is -1.24. The zero-order valence-corrected chi connectivity index (χ0v) is 16.4. The number of phenols is 1. The highest BCUT2D eigenvalue weighted by Gasteiger charge is 2.45. The highest BCUT2D eigenvalue weighted by atomic mass is 16.5. The van der Waals surface area contributed by atoms with E-state index in [0.717, 1.165) is 5.56 Å². The van der Waals surface area contributed by atoms with Crippen molar-refractivity contribution in [2.75, 3.05) is 5.32 Å². The summed E-state index contributed by atoms with van der Waals surface area (Å²) in [6, 6.07) is 11.2. The number of carbonyl (C=O) groups excluding carboxylic acids is 1. The third-order valence-electron chi connectivity index (χ3n) is 4.93. The second-order valence-corrected chi connectivity index (χ2v) is 7.38. The molecule has 0 aliphatic heterocycles. The number of anilines is 1. The number of amides is 1. The van der Waals surface area contributed by atoms with E-state index in [1.165, 1.54) is 18.2 Å². The fourth-order valence-corrected chi connectivity index (χ4v) is 2.87. The van der Waals surface area contributed by atoms with Crippen LogP contribution in [0.5, 0.6) is 11.5 Å². The molecule has 1 saturated carbocycles. The number of benzene rings is 2. The van der Waals surface area contributed by atoms with Gasteiger partial charge in [0.1, 0.15) is 23.7 Å². The lowest BCUT2D eigenvalue weighted by Gasteiger charge is -2.11. The third-order valence-corrected chi connectivity index (χ3v) is 4.93. The van der Waals surface area contributed by atoms with Crippen molar-refractivity contribution in [2.24, 2.45) is 5.73 Å². The Balaban J connectivity index is 1.41. The number of aromatic nitrogens is 2. The molecule has 0 radical (unpaired) electrons. The minimum Gasteiger partial charge on any atom is -0.507 e. The van der Waals surface area contributed by atoms with Crippen LogP contribution in [0.3, 0.4) is 0 Å². The number of rotatable bonds is 7. The van der Waals surface area contributed by atoms with Crippen molar-refractivity contribution < 1.29 is 24.5 Å². The summed E-state index contributed by atoms with van der Waals surface area (Å²) in [5, 5.41) is 21.4. The van der Waals surface area contributed by atoms with Gasteiger partial charge in [-0.1, -0.05) is 12.1 Å². The summed E-state index contributed by atoms with van der Waals surface area (Å²) in [4.78, 5) is 31.9. The Kier molecular flexibility index (Phi) is 5.26. The summed E-state index contributed by atoms with van der Waals surface area (Å²) in [7, 11) is 0. The molecule has 1 heterocycles. The number of carbonyl (C=O) groups is 2. The van der Waals surface area contributed by atoms with Gasteiger partial charge in [0.2, 0.25) is 5.91 Å². The summed E-state index contributed by atoms with van der Waals surface area (Å²) in [6.45, 7) is 0.124. The minimum absolute atomic E-state index is 0.124. The van der Waals surface area contributed by atoms with Crippen LogP contribution in [0.15, 0.2) is 54.9 Å². The molecular formula is C22H20N4O5. The van der Waals surface area contributed by atoms with Gasteiger partial charge in [-0.15, -0.1) is 0 Å². The van der Waals surface area contributed by atoms with E-state index in [2.05, 4.69) is 15.3 Å². The zero-order chi connectivity index (χ0) is 22.0. The van der Waals surface area contributed by atoms with E-state index >= 15 is 0 Å². The number of hydrogen-bond donors (Lipinski definition) is 4. The van der Waals surface area contributed by atoms with E-state index in [-0.39, 0.29) is 23.8 Å². The Morgan fingerprint density at radius 1 is 1.13 bits per heavy atom. The molecule has 4 rings (SSSR count). The van der Waals surface area contributed by atoms with Crippen LogP contribution in [0.25, 0.3) is 11.4 Å². The second-order valence-electron chi connectivity index (χ2n) is 7.38. The van der Waals surface area contributed by atoms with Crippen molar-refractivity contribution in [3.05, 3.63) is 66.0 Å². The Bertz CT molecular complexity index is 1140. The predicted molar refractivity (Wildman–Crippen MR) is 112 cm³/mol. The second kappa shape index (κ2) is 8.04. The monoisotopic (exact) mass is 420 g/mol. The molecule has 0 spiro atoms. The maximum absolute atomic E-state index is 12.1. The first kappa shape index (κ1) is 20.3. The van der Waals surface area contributed by atoms with Crippen LogP contribution in [0, 0.1) is 0 Å². The quantitative estimate of drug-likeness (QED) is 0.456. The largest absolute Gasteiger partial charge is 0.507 e. The lowest BCUT2D eigenvalue weighted by molar-refractivity contribution is -0.118. The van der Waals surface area contributed by atoms with Crippen molar-refractivity contribution in [3.8, 4) is 22.9 Å². The fraction of sp³-hybridized carbons (Fsp3) is 0.182. The van der Waals surface area contributed by atoms with Crippen LogP contribution in [0.4, 0.5) is 5.69 Å². The first-order valence-electron chi connectivity index (χ1n) is 9.55. The van der Waals surface area contributed by atoms with E-state index in [4.69, 9.17) is 15.6 Å². The molecule has 9 heteroatoms. The Labute approximate surface area is 177 Å². The molecule has 158 valence electrons. The van der Waals surface area contributed by atoms with Gasteiger partial charge in [0.05, 0.1) is 5.54 Å². The van der Waals surface area contributed by atoms with Crippen LogP contribution in [-0.2, 0) is 11.4 Å². The number of aromatic carboxylic acids is 1. The first-order valence-corrected chi connectivity index (χ1v) is 9.55. The van der Waals surface area contributed by atoms with E-state index in [0.29, 0.717) is 35.7 Å². The average molecular weight is 420 g/mol. The van der Waals surface area contributed by atoms with Crippen LogP contribution in [0.1, 0.15) is 28.8 Å². The van der Waals surface area contributed by atoms with Crippen molar-refractivity contribution >= 4 is 17.6 Å². The van der Waals surface area contributed by atoms with Crippen molar-refractivity contribution in [1.82, 2.24) is 9.97 Å². The molecule has 3 aromatic rings. The number of aromatic hydroxyl groups is 1. The van der Waals surface area contributed by atoms with Crippen molar-refractivity contribution in [2.45, 2.75) is 25.0 Å². The van der Waals surface area contributed by atoms with Gasteiger partial charge in [-0.05, 0) is 43.2 Å². The highest BCUT2D eigenvalue weighted by Crippen LogP contribution is 2.33. The molecule has 1 amide bonds. The number of carboxylic acid groups (broad SMARTS) is 1. The first-order chi connectivity index (χ1) is 14.8. The van der Waals surface area contributed by atoms with Gasteiger partial charge < -0.3 is 26.0 Å². The molecule has 1 aliphatic rings. The maximum atomic E-state index is 12.1. The number of nitrogens with two attached hydrogens (primary N) is 1. The lowest BCUT2D eigenvalue weighted by Crippen LogP contribution is -2.37. The predicted octanol–water partition coefficient (Wildman–Crippen LogP) is 2.56. The Hall–Kier alpha value is -3.98. The van der Waals surface area contributed by atoms with Gasteiger partial charge in [0, 0.05) is 29.2 Å². The van der Waals surface area contributed by atoms with Crippen LogP contribution in [-0.4, -0.2) is 37.6 Å². The van der Waals surface area contributed by atoms with Crippen molar-refractivity contribution in [1.29, 1.82) is 0 Å². The number of ether oxygens (including phenoxy) is 1. The summed E-state index contributed by atoms with van der Waals surface area (Å²) in [6.07, 6.45) is 4.58. The Morgan fingerprint density at radius 3 is 2.55 bits per heavy atom. The molecule has 0 bridgehead atoms. The molecule has 1 fully saturated rings. The molecule has 31 heavy (non-hydrogen) atoms. The highest BCUT2D eigenvalue weighted by molar-refractivity contribution is 6.00. The Morgan fingerprint density at radius 2 is 1.87 bits per heavy atom. The van der Waals surface area contributed by atoms with Crippen LogP contribution < -0.4 is 15.8 Å². The zero-order valence-electron chi connectivity index (χ0n) is 16.4. The van der Waals surface area contributed by atoms with Gasteiger partial charge >= 0.3 is 5.97 Å². The molecule has 0 atom stereocenters. The summed E-state index contributed by atoms with van der Waals surface area (Å²) >= 11 is 0. The molecule has 0 saturated heterocycles. The molecule has 5 N–H and O–H groups in total. The number of carboxylic acids is 1. The topological polar surface area (TPSA) is 148 Å². The molecule has 1 aromatic heterocycles. The number of hydrogen-bond acceptors (Lipinski definition) is 7. The maximum Gasteiger partial charge on any atom is 0.339 e. The van der Waals surface area contributed by atoms with E-state index in [1.807, 2.05) is 6.07 Å². The van der Waals surface area contributed by atoms with Gasteiger partial charge in [-0.3, -0.25) is 4.79 Å².